The summed E-state index contributed by atoms with van der Waals surface area (Å²) in [7, 11) is 0. The molecule has 2 aromatic heterocycles. The van der Waals surface area contributed by atoms with Gasteiger partial charge >= 0.3 is 0 Å². The third-order valence-corrected chi connectivity index (χ3v) is 8.29. The standard InChI is InChI=1S/C35H60N2O2/c1-3-5-7-9-11-13-15-17-23-36-25-19-33(20-26-36)29-35(31-38,32-39)30-34-21-27-37(28-22-34)24-18-16-14-12-10-8-6-4-2/h19-22,25-28,38-39H,3-18,23-24,29-32H2,1-2H3/q+2. The van der Waals surface area contributed by atoms with Gasteiger partial charge in [0.15, 0.2) is 24.8 Å². The molecule has 0 aromatic carbocycles. The first kappa shape index (κ1) is 33.4. The van der Waals surface area contributed by atoms with Gasteiger partial charge in [-0.25, -0.2) is 9.13 Å². The van der Waals surface area contributed by atoms with Crippen molar-refractivity contribution in [3.63, 3.8) is 0 Å². The topological polar surface area (TPSA) is 48.2 Å². The molecular weight excluding hydrogens is 480 g/mol. The SMILES string of the molecule is CCCCCCCCCC[n+]1ccc(CC(CO)(CO)Cc2cc[n+](CCCCCCCCCC)cc2)cc1. The van der Waals surface area contributed by atoms with Crippen LogP contribution in [0.5, 0.6) is 0 Å². The molecule has 0 unspecified atom stereocenters. The van der Waals surface area contributed by atoms with Crippen LogP contribution in [0, 0.1) is 5.41 Å². The number of hydrogen-bond acceptors (Lipinski definition) is 2. The molecule has 4 heteroatoms. The van der Waals surface area contributed by atoms with Crippen molar-refractivity contribution in [2.24, 2.45) is 5.41 Å². The molecule has 220 valence electrons. The summed E-state index contributed by atoms with van der Waals surface area (Å²) >= 11 is 0. The fourth-order valence-electron chi connectivity index (χ4n) is 5.57. The highest BCUT2D eigenvalue weighted by molar-refractivity contribution is 5.16. The Hall–Kier alpha value is -1.78. The molecule has 0 saturated heterocycles. The quantitative estimate of drug-likeness (QED) is 0.108. The number of pyridine rings is 2. The highest BCUT2D eigenvalue weighted by atomic mass is 16.3. The van der Waals surface area contributed by atoms with Crippen LogP contribution in [-0.4, -0.2) is 23.4 Å². The van der Waals surface area contributed by atoms with Gasteiger partial charge in [0.05, 0.1) is 13.2 Å². The lowest BCUT2D eigenvalue weighted by atomic mass is 9.78. The largest absolute Gasteiger partial charge is 0.396 e. The monoisotopic (exact) mass is 540 g/mol. The molecule has 2 N–H and O–H groups in total. The summed E-state index contributed by atoms with van der Waals surface area (Å²) < 4.78 is 4.53. The van der Waals surface area contributed by atoms with Crippen LogP contribution >= 0.6 is 0 Å². The van der Waals surface area contributed by atoms with E-state index < -0.39 is 5.41 Å². The normalized spacial score (nSPS) is 11.8. The fourth-order valence-corrected chi connectivity index (χ4v) is 5.57. The van der Waals surface area contributed by atoms with Crippen LogP contribution in [0.1, 0.15) is 128 Å². The van der Waals surface area contributed by atoms with Crippen LogP contribution in [0.15, 0.2) is 49.1 Å². The number of rotatable bonds is 24. The third kappa shape index (κ3) is 14.4. The van der Waals surface area contributed by atoms with Crippen LogP contribution in [0.2, 0.25) is 0 Å². The average molecular weight is 541 g/mol. The number of aryl methyl sites for hydroxylation is 2. The van der Waals surface area contributed by atoms with Gasteiger partial charge in [0.1, 0.15) is 13.1 Å². The summed E-state index contributed by atoms with van der Waals surface area (Å²) in [5, 5.41) is 20.6. The van der Waals surface area contributed by atoms with Crippen LogP contribution < -0.4 is 9.13 Å². The van der Waals surface area contributed by atoms with E-state index in [9.17, 15) is 10.2 Å². The third-order valence-electron chi connectivity index (χ3n) is 8.29. The van der Waals surface area contributed by atoms with Crippen LogP contribution in [0.25, 0.3) is 0 Å². The first-order valence-corrected chi connectivity index (χ1v) is 16.3. The molecule has 0 spiro atoms. The van der Waals surface area contributed by atoms with Crippen molar-refractivity contribution in [2.75, 3.05) is 13.2 Å². The van der Waals surface area contributed by atoms with Crippen molar-refractivity contribution in [3.8, 4) is 0 Å². The van der Waals surface area contributed by atoms with Gasteiger partial charge in [-0.15, -0.1) is 0 Å². The lowest BCUT2D eigenvalue weighted by Gasteiger charge is -2.29. The second kappa shape index (κ2) is 21.0. The van der Waals surface area contributed by atoms with Gasteiger partial charge in [-0.3, -0.25) is 0 Å². The highest BCUT2D eigenvalue weighted by Crippen LogP contribution is 2.27. The Bertz CT molecular complexity index is 763. The summed E-state index contributed by atoms with van der Waals surface area (Å²) in [6, 6.07) is 8.64. The van der Waals surface area contributed by atoms with Gasteiger partial charge in [0, 0.05) is 42.5 Å². The van der Waals surface area contributed by atoms with Crippen molar-refractivity contribution >= 4 is 0 Å². The molecule has 4 nitrogen and oxygen atoms in total. The van der Waals surface area contributed by atoms with Gasteiger partial charge in [-0.05, 0) is 36.8 Å². The maximum absolute atomic E-state index is 10.3. The molecular formula is C35H60N2O2+2. The van der Waals surface area contributed by atoms with E-state index in [-0.39, 0.29) is 13.2 Å². The lowest BCUT2D eigenvalue weighted by Crippen LogP contribution is -2.37. The smallest absolute Gasteiger partial charge is 0.169 e. The molecule has 2 heterocycles. The minimum Gasteiger partial charge on any atom is -0.396 e. The zero-order chi connectivity index (χ0) is 28.0. The van der Waals surface area contributed by atoms with Crippen molar-refractivity contribution in [1.82, 2.24) is 0 Å². The Kier molecular flexibility index (Phi) is 18.0. The molecule has 0 saturated carbocycles. The molecule has 39 heavy (non-hydrogen) atoms. The van der Waals surface area contributed by atoms with Gasteiger partial charge in [-0.2, -0.15) is 0 Å². The van der Waals surface area contributed by atoms with Crippen LogP contribution in [0.3, 0.4) is 0 Å². The van der Waals surface area contributed by atoms with E-state index in [0.717, 1.165) is 13.1 Å². The number of nitrogens with zero attached hydrogens (tertiary/aromatic N) is 2. The Morgan fingerprint density at radius 2 is 0.795 bits per heavy atom. The van der Waals surface area contributed by atoms with E-state index >= 15 is 0 Å². The number of unbranched alkanes of at least 4 members (excludes halogenated alkanes) is 14. The summed E-state index contributed by atoms with van der Waals surface area (Å²) in [6.45, 7) is 6.61. The number of aromatic nitrogens is 2. The highest BCUT2D eigenvalue weighted by Gasteiger charge is 2.30. The Morgan fingerprint density at radius 1 is 0.487 bits per heavy atom. The van der Waals surface area contributed by atoms with Gasteiger partial charge in [0.25, 0.3) is 0 Å². The molecule has 0 aliphatic heterocycles. The predicted molar refractivity (Wildman–Crippen MR) is 163 cm³/mol. The van der Waals surface area contributed by atoms with E-state index in [1.807, 2.05) is 0 Å². The lowest BCUT2D eigenvalue weighted by molar-refractivity contribution is -0.697. The van der Waals surface area contributed by atoms with E-state index in [1.165, 1.54) is 114 Å². The van der Waals surface area contributed by atoms with E-state index in [2.05, 4.69) is 72.0 Å². The zero-order valence-electron chi connectivity index (χ0n) is 25.5. The second-order valence-electron chi connectivity index (χ2n) is 12.0. The van der Waals surface area contributed by atoms with Crippen molar-refractivity contribution in [2.45, 2.75) is 143 Å². The van der Waals surface area contributed by atoms with Crippen LogP contribution in [-0.2, 0) is 25.9 Å². The minimum atomic E-state index is -0.548. The van der Waals surface area contributed by atoms with E-state index in [4.69, 9.17) is 0 Å². The summed E-state index contributed by atoms with van der Waals surface area (Å²) in [5.41, 5.74) is 1.80. The van der Waals surface area contributed by atoms with Crippen molar-refractivity contribution in [1.29, 1.82) is 0 Å². The number of aliphatic hydroxyl groups excluding tert-OH is 2. The van der Waals surface area contributed by atoms with Crippen molar-refractivity contribution < 1.29 is 19.3 Å². The predicted octanol–water partition coefficient (Wildman–Crippen LogP) is 7.30. The molecule has 2 aromatic rings. The molecule has 0 amide bonds. The Balaban J connectivity index is 1.74. The van der Waals surface area contributed by atoms with E-state index in [1.54, 1.807) is 0 Å². The maximum Gasteiger partial charge on any atom is 0.169 e. The first-order chi connectivity index (χ1) is 19.1. The van der Waals surface area contributed by atoms with E-state index in [0.29, 0.717) is 12.8 Å². The molecule has 0 radical (unpaired) electrons. The Labute approximate surface area is 240 Å². The number of aliphatic hydroxyl groups is 2. The number of hydrogen-bond donors (Lipinski definition) is 2. The summed E-state index contributed by atoms with van der Waals surface area (Å²) in [4.78, 5) is 0. The Morgan fingerprint density at radius 3 is 1.10 bits per heavy atom. The van der Waals surface area contributed by atoms with Crippen LogP contribution in [0.4, 0.5) is 0 Å². The first-order valence-electron chi connectivity index (χ1n) is 16.3. The molecule has 0 bridgehead atoms. The zero-order valence-corrected chi connectivity index (χ0v) is 25.5. The van der Waals surface area contributed by atoms with Gasteiger partial charge in [0.2, 0.25) is 0 Å². The van der Waals surface area contributed by atoms with Crippen molar-refractivity contribution in [3.05, 3.63) is 60.2 Å². The maximum atomic E-state index is 10.3. The molecule has 2 rings (SSSR count). The summed E-state index contributed by atoms with van der Waals surface area (Å²) in [6.07, 6.45) is 31.4. The second-order valence-corrected chi connectivity index (χ2v) is 12.0. The molecule has 0 fully saturated rings. The summed E-state index contributed by atoms with van der Waals surface area (Å²) in [5.74, 6) is 0. The molecule has 0 atom stereocenters. The minimum absolute atomic E-state index is 0.0240. The molecule has 0 aliphatic rings. The fraction of sp³-hybridized carbons (Fsp3) is 0.714. The molecule has 0 aliphatic carbocycles. The van der Waals surface area contributed by atoms with Gasteiger partial charge in [-0.1, -0.05) is 90.9 Å². The van der Waals surface area contributed by atoms with Gasteiger partial charge < -0.3 is 10.2 Å². The average Bonchev–Trinajstić information content (AvgIpc) is 2.97.